The lowest BCUT2D eigenvalue weighted by Crippen LogP contribution is -2.51. The molecule has 1 heterocycles. The zero-order valence-corrected chi connectivity index (χ0v) is 17.8. The van der Waals surface area contributed by atoms with Crippen LogP contribution in [0.3, 0.4) is 0 Å². The fourth-order valence-electron chi connectivity index (χ4n) is 3.95. The molecule has 0 saturated heterocycles. The maximum atomic E-state index is 13.2. The monoisotopic (exact) mass is 454 g/mol. The largest absolute Gasteiger partial charge is 0.289 e. The summed E-state index contributed by atoms with van der Waals surface area (Å²) >= 11 is 6.07. The van der Waals surface area contributed by atoms with Crippen LogP contribution in [0.2, 0.25) is 5.02 Å². The van der Waals surface area contributed by atoms with Crippen molar-refractivity contribution in [2.45, 2.75) is 0 Å². The summed E-state index contributed by atoms with van der Waals surface area (Å²) in [5.41, 5.74) is 3.81. The number of hydrogen-bond donors (Lipinski definition) is 1. The Bertz CT molecular complexity index is 1460. The van der Waals surface area contributed by atoms with Crippen LogP contribution < -0.4 is 5.43 Å². The molecule has 0 spiro atoms. The molecule has 0 aliphatic carbocycles. The van der Waals surface area contributed by atoms with Crippen molar-refractivity contribution < 1.29 is 19.2 Å². The zero-order chi connectivity index (χ0) is 23.1. The van der Waals surface area contributed by atoms with Crippen LogP contribution in [-0.2, 0) is 0 Å². The van der Waals surface area contributed by atoms with Crippen LogP contribution in [-0.4, -0.2) is 28.5 Å². The second-order valence-electron chi connectivity index (χ2n) is 7.45. The maximum Gasteiger partial charge on any atom is 0.280 e. The SMILES string of the molecule is O=C(NN1C(=O)c2cccc3c(C(=O)c4ccccc4)ccc(c23)C1=O)c1ccccc1Cl. The van der Waals surface area contributed by atoms with E-state index in [-0.39, 0.29) is 27.5 Å². The van der Waals surface area contributed by atoms with E-state index in [0.29, 0.717) is 26.9 Å². The summed E-state index contributed by atoms with van der Waals surface area (Å²) in [7, 11) is 0. The van der Waals surface area contributed by atoms with E-state index in [2.05, 4.69) is 5.43 Å². The van der Waals surface area contributed by atoms with Crippen LogP contribution in [0.4, 0.5) is 0 Å². The van der Waals surface area contributed by atoms with Gasteiger partial charge >= 0.3 is 0 Å². The number of nitrogens with one attached hydrogen (secondary N) is 1. The lowest BCUT2D eigenvalue weighted by Gasteiger charge is -2.27. The first-order valence-corrected chi connectivity index (χ1v) is 10.4. The van der Waals surface area contributed by atoms with Gasteiger partial charge in [0.2, 0.25) is 0 Å². The van der Waals surface area contributed by atoms with E-state index in [0.717, 1.165) is 0 Å². The Kier molecular flexibility index (Phi) is 4.99. The third-order valence-electron chi connectivity index (χ3n) is 5.52. The highest BCUT2D eigenvalue weighted by Crippen LogP contribution is 2.32. The van der Waals surface area contributed by atoms with E-state index in [1.165, 1.54) is 18.2 Å². The molecule has 6 nitrogen and oxygen atoms in total. The smallest absolute Gasteiger partial charge is 0.280 e. The second kappa shape index (κ2) is 8.00. The number of hydrogen-bond acceptors (Lipinski definition) is 4. The van der Waals surface area contributed by atoms with Crippen molar-refractivity contribution in [2.24, 2.45) is 0 Å². The van der Waals surface area contributed by atoms with Crippen molar-refractivity contribution in [2.75, 3.05) is 0 Å². The zero-order valence-electron chi connectivity index (χ0n) is 17.0. The number of carbonyl (C=O) groups is 4. The van der Waals surface area contributed by atoms with Gasteiger partial charge in [0.25, 0.3) is 17.7 Å². The fourth-order valence-corrected chi connectivity index (χ4v) is 4.17. The Hall–Kier alpha value is -4.29. The number of imide groups is 1. The highest BCUT2D eigenvalue weighted by atomic mass is 35.5. The molecule has 0 fully saturated rings. The van der Waals surface area contributed by atoms with E-state index in [1.807, 2.05) is 6.07 Å². The lowest BCUT2D eigenvalue weighted by molar-refractivity contribution is 0.0478. The van der Waals surface area contributed by atoms with Gasteiger partial charge in [-0.1, -0.05) is 66.2 Å². The summed E-state index contributed by atoms with van der Waals surface area (Å²) in [5, 5.41) is 1.76. The minimum atomic E-state index is -0.692. The van der Waals surface area contributed by atoms with Crippen molar-refractivity contribution in [3.8, 4) is 0 Å². The van der Waals surface area contributed by atoms with Gasteiger partial charge in [-0.05, 0) is 35.7 Å². The van der Waals surface area contributed by atoms with Gasteiger partial charge in [0.05, 0.1) is 21.7 Å². The van der Waals surface area contributed by atoms with Crippen molar-refractivity contribution >= 4 is 45.9 Å². The van der Waals surface area contributed by atoms with Gasteiger partial charge < -0.3 is 0 Å². The van der Waals surface area contributed by atoms with Gasteiger partial charge in [-0.2, -0.15) is 5.01 Å². The van der Waals surface area contributed by atoms with Crippen LogP contribution in [0.15, 0.2) is 84.9 Å². The van der Waals surface area contributed by atoms with E-state index >= 15 is 0 Å². The van der Waals surface area contributed by atoms with Crippen molar-refractivity contribution in [1.82, 2.24) is 10.4 Å². The third kappa shape index (κ3) is 3.37. The number of hydrazine groups is 1. The number of halogens is 1. The molecule has 4 aromatic rings. The molecule has 0 radical (unpaired) electrons. The molecule has 33 heavy (non-hydrogen) atoms. The summed E-state index contributed by atoms with van der Waals surface area (Å²) in [6.07, 6.45) is 0. The van der Waals surface area contributed by atoms with E-state index < -0.39 is 17.7 Å². The van der Waals surface area contributed by atoms with Gasteiger partial charge in [-0.25, -0.2) is 0 Å². The Morgan fingerprint density at radius 2 is 1.36 bits per heavy atom. The van der Waals surface area contributed by atoms with Gasteiger partial charge in [0, 0.05) is 16.5 Å². The van der Waals surface area contributed by atoms with Gasteiger partial charge in [0.15, 0.2) is 5.78 Å². The first-order chi connectivity index (χ1) is 16.0. The van der Waals surface area contributed by atoms with Gasteiger partial charge in [-0.15, -0.1) is 0 Å². The molecule has 4 aromatic carbocycles. The minimum Gasteiger partial charge on any atom is -0.289 e. The number of ketones is 1. The van der Waals surface area contributed by atoms with E-state index in [1.54, 1.807) is 60.7 Å². The molecule has 1 aliphatic heterocycles. The number of rotatable bonds is 4. The summed E-state index contributed by atoms with van der Waals surface area (Å²) in [5.74, 6) is -2.28. The normalized spacial score (nSPS) is 12.7. The molecule has 3 amide bonds. The Labute approximate surface area is 193 Å². The number of carbonyl (C=O) groups excluding carboxylic acids is 4. The van der Waals surface area contributed by atoms with Crippen LogP contribution in [0, 0.1) is 0 Å². The fraction of sp³-hybridized carbons (Fsp3) is 0. The van der Waals surface area contributed by atoms with Crippen LogP contribution in [0.5, 0.6) is 0 Å². The molecular weight excluding hydrogens is 440 g/mol. The van der Waals surface area contributed by atoms with E-state index in [4.69, 9.17) is 11.6 Å². The Morgan fingerprint density at radius 3 is 2.09 bits per heavy atom. The third-order valence-corrected chi connectivity index (χ3v) is 5.85. The van der Waals surface area contributed by atoms with Crippen LogP contribution >= 0.6 is 11.6 Å². The molecule has 0 bridgehead atoms. The maximum absolute atomic E-state index is 13.2. The number of amides is 3. The van der Waals surface area contributed by atoms with Crippen molar-refractivity contribution in [1.29, 1.82) is 0 Å². The highest BCUT2D eigenvalue weighted by molar-refractivity contribution is 6.34. The molecule has 0 atom stereocenters. The first-order valence-electron chi connectivity index (χ1n) is 10.1. The molecule has 5 rings (SSSR count). The first kappa shape index (κ1) is 20.6. The summed E-state index contributed by atoms with van der Waals surface area (Å²) in [6.45, 7) is 0. The lowest BCUT2D eigenvalue weighted by atomic mass is 9.89. The number of nitrogens with zero attached hydrogens (tertiary/aromatic N) is 1. The molecule has 160 valence electrons. The average molecular weight is 455 g/mol. The topological polar surface area (TPSA) is 83.6 Å². The van der Waals surface area contributed by atoms with Crippen molar-refractivity contribution in [3.63, 3.8) is 0 Å². The van der Waals surface area contributed by atoms with E-state index in [9.17, 15) is 19.2 Å². The van der Waals surface area contributed by atoms with Crippen LogP contribution in [0.25, 0.3) is 10.8 Å². The molecule has 0 aromatic heterocycles. The summed E-state index contributed by atoms with van der Waals surface area (Å²) in [6, 6.07) is 23.1. The average Bonchev–Trinajstić information content (AvgIpc) is 2.85. The molecule has 1 aliphatic rings. The quantitative estimate of drug-likeness (QED) is 0.359. The van der Waals surface area contributed by atoms with Crippen LogP contribution in [0.1, 0.15) is 47.0 Å². The molecular formula is C26H15ClN2O4. The van der Waals surface area contributed by atoms with Gasteiger partial charge in [-0.3, -0.25) is 24.6 Å². The molecule has 0 unspecified atom stereocenters. The van der Waals surface area contributed by atoms with Gasteiger partial charge in [0.1, 0.15) is 0 Å². The second-order valence-corrected chi connectivity index (χ2v) is 7.86. The standard InChI is InChI=1S/C26H15ClN2O4/c27-21-12-5-4-9-18(21)24(31)28-29-25(32)19-11-6-10-16-17(13-14-20(22(16)19)26(29)33)23(30)15-7-2-1-3-8-15/h1-14H,(H,28,31). The number of benzene rings is 4. The minimum absolute atomic E-state index is 0.132. The Morgan fingerprint density at radius 1 is 0.697 bits per heavy atom. The molecule has 7 heteroatoms. The van der Waals surface area contributed by atoms with Crippen molar-refractivity contribution in [3.05, 3.63) is 118 Å². The molecule has 0 saturated carbocycles. The predicted molar refractivity (Wildman–Crippen MR) is 123 cm³/mol. The molecule has 1 N–H and O–H groups in total. The Balaban J connectivity index is 1.57. The summed E-state index contributed by atoms with van der Waals surface area (Å²) in [4.78, 5) is 52.2. The highest BCUT2D eigenvalue weighted by Gasteiger charge is 2.35. The summed E-state index contributed by atoms with van der Waals surface area (Å²) < 4.78 is 0. The predicted octanol–water partition coefficient (Wildman–Crippen LogP) is 4.67.